The minimum absolute atomic E-state index is 0.176. The van der Waals surface area contributed by atoms with Gasteiger partial charge in [0, 0.05) is 29.5 Å². The maximum absolute atomic E-state index is 12.5. The minimum Gasteiger partial charge on any atom is -0.321 e. The van der Waals surface area contributed by atoms with Crippen LogP contribution in [0.4, 0.5) is 5.69 Å². The van der Waals surface area contributed by atoms with Crippen molar-refractivity contribution in [1.82, 2.24) is 9.78 Å². The largest absolute Gasteiger partial charge is 0.321 e. The Morgan fingerprint density at radius 1 is 1.17 bits per heavy atom. The van der Waals surface area contributed by atoms with Gasteiger partial charge in [0.2, 0.25) is 0 Å². The van der Waals surface area contributed by atoms with Crippen molar-refractivity contribution in [3.05, 3.63) is 71.0 Å². The monoisotopic (exact) mass is 325 g/mol. The van der Waals surface area contributed by atoms with Crippen LogP contribution >= 0.6 is 11.6 Å². The molecule has 0 aliphatic rings. The van der Waals surface area contributed by atoms with Gasteiger partial charge in [-0.25, -0.2) is 0 Å². The van der Waals surface area contributed by atoms with Crippen LogP contribution in [0, 0.1) is 6.92 Å². The first kappa shape index (κ1) is 15.3. The molecule has 1 aromatic heterocycles. The van der Waals surface area contributed by atoms with Crippen LogP contribution in [-0.2, 0) is 7.05 Å². The summed E-state index contributed by atoms with van der Waals surface area (Å²) in [5.74, 6) is -0.176. The van der Waals surface area contributed by atoms with Crippen LogP contribution in [0.25, 0.3) is 11.1 Å². The molecule has 0 saturated carbocycles. The van der Waals surface area contributed by atoms with Gasteiger partial charge in [-0.3, -0.25) is 9.48 Å². The van der Waals surface area contributed by atoms with Gasteiger partial charge in [-0.05, 0) is 30.7 Å². The lowest BCUT2D eigenvalue weighted by molar-refractivity contribution is 0.102. The number of halogens is 1. The van der Waals surface area contributed by atoms with Crippen molar-refractivity contribution in [2.24, 2.45) is 7.05 Å². The second kappa shape index (κ2) is 6.26. The molecule has 0 aliphatic heterocycles. The first-order chi connectivity index (χ1) is 11.0. The number of rotatable bonds is 3. The predicted molar refractivity (Wildman–Crippen MR) is 92.8 cm³/mol. The van der Waals surface area contributed by atoms with Gasteiger partial charge in [0.05, 0.1) is 11.3 Å². The second-order valence-corrected chi connectivity index (χ2v) is 5.75. The number of aryl methyl sites for hydroxylation is 2. The Hall–Kier alpha value is -2.59. The number of nitrogens with one attached hydrogen (secondary N) is 1. The first-order valence-electron chi connectivity index (χ1n) is 7.21. The summed E-state index contributed by atoms with van der Waals surface area (Å²) in [6.07, 6.45) is 1.71. The molecule has 3 rings (SSSR count). The summed E-state index contributed by atoms with van der Waals surface area (Å²) in [5, 5.41) is 7.83. The zero-order valence-electron chi connectivity index (χ0n) is 12.9. The lowest BCUT2D eigenvalue weighted by Gasteiger charge is -2.11. The van der Waals surface area contributed by atoms with Gasteiger partial charge in [-0.15, -0.1) is 0 Å². The van der Waals surface area contributed by atoms with Gasteiger partial charge in [0.1, 0.15) is 0 Å². The van der Waals surface area contributed by atoms with Gasteiger partial charge in [0.15, 0.2) is 0 Å². The number of anilines is 1. The van der Waals surface area contributed by atoms with E-state index < -0.39 is 0 Å². The number of benzene rings is 2. The Kier molecular flexibility index (Phi) is 4.17. The van der Waals surface area contributed by atoms with Gasteiger partial charge < -0.3 is 5.32 Å². The van der Waals surface area contributed by atoms with Crippen molar-refractivity contribution in [3.63, 3.8) is 0 Å². The van der Waals surface area contributed by atoms with E-state index in [1.54, 1.807) is 17.9 Å². The fraction of sp³-hybridized carbons (Fsp3) is 0.111. The Labute approximate surface area is 139 Å². The molecule has 1 heterocycles. The molecule has 0 fully saturated rings. The lowest BCUT2D eigenvalue weighted by Crippen LogP contribution is -2.13. The highest BCUT2D eigenvalue weighted by atomic mass is 35.5. The van der Waals surface area contributed by atoms with E-state index in [-0.39, 0.29) is 5.91 Å². The molecular formula is C18H16ClN3O. The van der Waals surface area contributed by atoms with E-state index in [2.05, 4.69) is 10.4 Å². The van der Waals surface area contributed by atoms with E-state index in [0.717, 1.165) is 16.8 Å². The number of nitrogens with zero attached hydrogens (tertiary/aromatic N) is 2. The number of carbonyl (C=O) groups is 1. The van der Waals surface area contributed by atoms with Crippen LogP contribution in [0.5, 0.6) is 0 Å². The minimum atomic E-state index is -0.176. The zero-order valence-corrected chi connectivity index (χ0v) is 13.6. The van der Waals surface area contributed by atoms with E-state index in [1.807, 2.05) is 55.5 Å². The summed E-state index contributed by atoms with van der Waals surface area (Å²) in [4.78, 5) is 12.5. The molecule has 5 heteroatoms. The molecule has 0 aliphatic carbocycles. The number of hydrogen-bond acceptors (Lipinski definition) is 2. The molecule has 0 unspecified atom stereocenters. The van der Waals surface area contributed by atoms with Crippen LogP contribution in [0.2, 0.25) is 5.02 Å². The topological polar surface area (TPSA) is 46.9 Å². The summed E-state index contributed by atoms with van der Waals surface area (Å²) in [5.41, 5.74) is 3.88. The summed E-state index contributed by atoms with van der Waals surface area (Å²) in [7, 11) is 1.80. The van der Waals surface area contributed by atoms with E-state index in [0.29, 0.717) is 16.3 Å². The normalized spacial score (nSPS) is 10.6. The van der Waals surface area contributed by atoms with E-state index in [1.165, 1.54) is 0 Å². The fourth-order valence-electron chi connectivity index (χ4n) is 2.51. The van der Waals surface area contributed by atoms with Gasteiger partial charge >= 0.3 is 0 Å². The van der Waals surface area contributed by atoms with Crippen molar-refractivity contribution in [1.29, 1.82) is 0 Å². The molecule has 0 atom stereocenters. The third-order valence-corrected chi connectivity index (χ3v) is 3.80. The molecule has 0 saturated heterocycles. The van der Waals surface area contributed by atoms with Crippen molar-refractivity contribution in [2.75, 3.05) is 5.32 Å². The number of para-hydroxylation sites is 1. The molecule has 1 amide bonds. The maximum Gasteiger partial charge on any atom is 0.259 e. The molecular weight excluding hydrogens is 310 g/mol. The second-order valence-electron chi connectivity index (χ2n) is 5.31. The zero-order chi connectivity index (χ0) is 16.4. The van der Waals surface area contributed by atoms with Crippen LogP contribution in [0.1, 0.15) is 16.1 Å². The molecule has 0 radical (unpaired) electrons. The maximum atomic E-state index is 12.5. The summed E-state index contributed by atoms with van der Waals surface area (Å²) >= 11 is 6.07. The molecule has 2 aromatic carbocycles. The Morgan fingerprint density at radius 3 is 2.65 bits per heavy atom. The molecule has 0 spiro atoms. The summed E-state index contributed by atoms with van der Waals surface area (Å²) < 4.78 is 1.63. The quantitative estimate of drug-likeness (QED) is 0.780. The summed E-state index contributed by atoms with van der Waals surface area (Å²) in [6.45, 7) is 1.82. The third kappa shape index (κ3) is 3.27. The number of amides is 1. The molecule has 0 bridgehead atoms. The average molecular weight is 326 g/mol. The van der Waals surface area contributed by atoms with Crippen LogP contribution < -0.4 is 5.32 Å². The third-order valence-electron chi connectivity index (χ3n) is 3.57. The van der Waals surface area contributed by atoms with E-state index in [9.17, 15) is 4.79 Å². The predicted octanol–water partition coefficient (Wildman–Crippen LogP) is 4.30. The lowest BCUT2D eigenvalue weighted by atomic mass is 10.0. The van der Waals surface area contributed by atoms with Crippen LogP contribution in [0.15, 0.2) is 54.7 Å². The number of hydrogen-bond donors (Lipinski definition) is 1. The van der Waals surface area contributed by atoms with Crippen LogP contribution in [-0.4, -0.2) is 15.7 Å². The van der Waals surface area contributed by atoms with Crippen molar-refractivity contribution < 1.29 is 4.79 Å². The highest BCUT2D eigenvalue weighted by Gasteiger charge is 2.14. The number of aromatic nitrogens is 2. The highest BCUT2D eigenvalue weighted by Crippen LogP contribution is 2.30. The van der Waals surface area contributed by atoms with Crippen LogP contribution in [0.3, 0.4) is 0 Å². The van der Waals surface area contributed by atoms with Crippen molar-refractivity contribution >= 4 is 23.2 Å². The smallest absolute Gasteiger partial charge is 0.259 e. The van der Waals surface area contributed by atoms with Gasteiger partial charge in [0.25, 0.3) is 5.91 Å². The average Bonchev–Trinajstić information content (AvgIpc) is 2.86. The standard InChI is InChI=1S/C18H16ClN3O/c1-12-16(11-22(2)21-12)18(23)20-17-9-4-3-8-15(17)13-6-5-7-14(19)10-13/h3-11H,1-2H3,(H,20,23). The molecule has 4 nitrogen and oxygen atoms in total. The highest BCUT2D eigenvalue weighted by molar-refractivity contribution is 6.30. The molecule has 23 heavy (non-hydrogen) atoms. The number of carbonyl (C=O) groups excluding carboxylic acids is 1. The Morgan fingerprint density at radius 2 is 1.96 bits per heavy atom. The van der Waals surface area contributed by atoms with Gasteiger partial charge in [-0.1, -0.05) is 41.9 Å². The van der Waals surface area contributed by atoms with Gasteiger partial charge in [-0.2, -0.15) is 5.10 Å². The van der Waals surface area contributed by atoms with E-state index in [4.69, 9.17) is 11.6 Å². The molecule has 1 N–H and O–H groups in total. The van der Waals surface area contributed by atoms with Crippen molar-refractivity contribution in [3.8, 4) is 11.1 Å². The molecule has 116 valence electrons. The first-order valence-corrected chi connectivity index (χ1v) is 7.59. The SMILES string of the molecule is Cc1nn(C)cc1C(=O)Nc1ccccc1-c1cccc(Cl)c1. The Bertz CT molecular complexity index is 870. The fourth-order valence-corrected chi connectivity index (χ4v) is 2.70. The van der Waals surface area contributed by atoms with E-state index >= 15 is 0 Å². The Balaban J connectivity index is 1.95. The summed E-state index contributed by atoms with van der Waals surface area (Å²) in [6, 6.07) is 15.2. The molecule has 3 aromatic rings. The van der Waals surface area contributed by atoms with Crippen molar-refractivity contribution in [2.45, 2.75) is 6.92 Å².